The minimum absolute atomic E-state index is 0.0539. The molecule has 2 amide bonds. The zero-order valence-corrected chi connectivity index (χ0v) is 16.3. The summed E-state index contributed by atoms with van der Waals surface area (Å²) in [5.74, 6) is 1.36. The molecule has 4 rings (SSSR count). The van der Waals surface area contributed by atoms with Crippen LogP contribution in [0.1, 0.15) is 43.9 Å². The molecule has 2 aromatic rings. The van der Waals surface area contributed by atoms with Crippen LogP contribution in [-0.2, 0) is 9.59 Å². The van der Waals surface area contributed by atoms with Crippen molar-refractivity contribution in [3.63, 3.8) is 0 Å². The van der Waals surface area contributed by atoms with Crippen LogP contribution in [0.3, 0.4) is 0 Å². The van der Waals surface area contributed by atoms with Crippen LogP contribution < -0.4 is 5.32 Å². The van der Waals surface area contributed by atoms with Crippen LogP contribution in [0, 0.1) is 11.8 Å². The van der Waals surface area contributed by atoms with Gasteiger partial charge in [-0.15, -0.1) is 0 Å². The summed E-state index contributed by atoms with van der Waals surface area (Å²) in [4.78, 5) is 31.1. The molecule has 1 heterocycles. The second-order valence-electron chi connectivity index (χ2n) is 8.15. The van der Waals surface area contributed by atoms with Crippen molar-refractivity contribution in [3.8, 4) is 11.4 Å². The molecule has 0 unspecified atom stereocenters. The van der Waals surface area contributed by atoms with Gasteiger partial charge in [-0.2, -0.15) is 4.98 Å². The van der Waals surface area contributed by atoms with Crippen LogP contribution in [0.5, 0.6) is 0 Å². The Bertz CT molecular complexity index is 844. The molecule has 0 spiro atoms. The zero-order chi connectivity index (χ0) is 19.7. The summed E-state index contributed by atoms with van der Waals surface area (Å²) in [7, 11) is 3.52. The average Bonchev–Trinajstić information content (AvgIpc) is 3.19. The van der Waals surface area contributed by atoms with Gasteiger partial charge in [0.25, 0.3) is 0 Å². The van der Waals surface area contributed by atoms with E-state index in [1.807, 2.05) is 30.3 Å². The number of benzene rings is 1. The highest BCUT2D eigenvalue weighted by Crippen LogP contribution is 2.40. The molecule has 2 fully saturated rings. The number of carbonyl (C=O) groups excluding carboxylic acids is 2. The molecule has 0 aliphatic heterocycles. The third kappa shape index (κ3) is 4.08. The van der Waals surface area contributed by atoms with Crippen molar-refractivity contribution >= 4 is 11.8 Å². The first-order chi connectivity index (χ1) is 13.5. The molecule has 3 atom stereocenters. The molecular formula is C21H26N4O3. The minimum atomic E-state index is -0.163. The quantitative estimate of drug-likeness (QED) is 0.830. The van der Waals surface area contributed by atoms with Crippen LogP contribution in [0.15, 0.2) is 34.9 Å². The first kappa shape index (κ1) is 18.7. The predicted octanol–water partition coefficient (Wildman–Crippen LogP) is 2.60. The second-order valence-corrected chi connectivity index (χ2v) is 8.15. The van der Waals surface area contributed by atoms with E-state index in [2.05, 4.69) is 15.5 Å². The van der Waals surface area contributed by atoms with Gasteiger partial charge in [-0.05, 0) is 31.6 Å². The third-order valence-corrected chi connectivity index (χ3v) is 5.66. The molecule has 2 aliphatic rings. The van der Waals surface area contributed by atoms with Gasteiger partial charge in [-0.25, -0.2) is 0 Å². The first-order valence-electron chi connectivity index (χ1n) is 9.91. The molecular weight excluding hydrogens is 356 g/mol. The van der Waals surface area contributed by atoms with Gasteiger partial charge in [0.1, 0.15) is 0 Å². The number of hydrogen-bond acceptors (Lipinski definition) is 5. The number of hydrogen-bond donors (Lipinski definition) is 1. The summed E-state index contributed by atoms with van der Waals surface area (Å²) < 4.78 is 5.56. The molecule has 28 heavy (non-hydrogen) atoms. The second kappa shape index (κ2) is 7.73. The highest BCUT2D eigenvalue weighted by molar-refractivity contribution is 5.80. The molecule has 0 bridgehead atoms. The van der Waals surface area contributed by atoms with Crippen molar-refractivity contribution < 1.29 is 14.1 Å². The fourth-order valence-corrected chi connectivity index (χ4v) is 3.98. The predicted molar refractivity (Wildman–Crippen MR) is 103 cm³/mol. The topological polar surface area (TPSA) is 88.3 Å². The van der Waals surface area contributed by atoms with Gasteiger partial charge in [0.2, 0.25) is 23.5 Å². The monoisotopic (exact) mass is 382 g/mol. The Morgan fingerprint density at radius 2 is 1.93 bits per heavy atom. The van der Waals surface area contributed by atoms with Crippen molar-refractivity contribution in [2.24, 2.45) is 11.8 Å². The summed E-state index contributed by atoms with van der Waals surface area (Å²) in [6, 6.07) is 9.47. The Labute approximate surface area is 164 Å². The number of carbonyl (C=O) groups is 2. The Hall–Kier alpha value is -2.70. The van der Waals surface area contributed by atoms with E-state index in [0.29, 0.717) is 36.9 Å². The van der Waals surface area contributed by atoms with Gasteiger partial charge in [0.15, 0.2) is 0 Å². The highest BCUT2D eigenvalue weighted by atomic mass is 16.5. The van der Waals surface area contributed by atoms with Gasteiger partial charge < -0.3 is 14.7 Å². The maximum absolute atomic E-state index is 12.5. The van der Waals surface area contributed by atoms with Crippen molar-refractivity contribution in [2.45, 2.75) is 44.1 Å². The van der Waals surface area contributed by atoms with E-state index in [4.69, 9.17) is 4.52 Å². The lowest BCUT2D eigenvalue weighted by atomic mass is 10.0. The standard InChI is InChI=1S/C21H26N4O3/c1-25(2)21(27)15-11-16(17(12-15)22-18(26)10-13-8-9-13)20-23-19(24-28-20)14-6-4-3-5-7-14/h3-7,13,15-17H,8-12H2,1-2H3,(H,22,26)/t15-,16-,17+/m1/s1. The Morgan fingerprint density at radius 3 is 2.61 bits per heavy atom. The number of amides is 2. The molecule has 2 aliphatic carbocycles. The van der Waals surface area contributed by atoms with E-state index < -0.39 is 0 Å². The molecule has 0 saturated heterocycles. The van der Waals surface area contributed by atoms with Crippen LogP contribution in [0.2, 0.25) is 0 Å². The third-order valence-electron chi connectivity index (χ3n) is 5.66. The van der Waals surface area contributed by atoms with Crippen LogP contribution in [0.4, 0.5) is 0 Å². The smallest absolute Gasteiger partial charge is 0.232 e. The largest absolute Gasteiger partial charge is 0.353 e. The van der Waals surface area contributed by atoms with Gasteiger partial charge in [0, 0.05) is 38.0 Å². The SMILES string of the molecule is CN(C)C(=O)[C@H]1C[C@H](NC(=O)CC2CC2)[C@H](c2nc(-c3ccccc3)no2)C1. The van der Waals surface area contributed by atoms with E-state index in [9.17, 15) is 9.59 Å². The molecule has 0 radical (unpaired) electrons. The number of rotatable bonds is 6. The van der Waals surface area contributed by atoms with Crippen LogP contribution >= 0.6 is 0 Å². The van der Waals surface area contributed by atoms with Crippen molar-refractivity contribution in [1.29, 1.82) is 0 Å². The van der Waals surface area contributed by atoms with E-state index in [0.717, 1.165) is 18.4 Å². The van der Waals surface area contributed by atoms with Crippen molar-refractivity contribution in [1.82, 2.24) is 20.4 Å². The van der Waals surface area contributed by atoms with Crippen LogP contribution in [-0.4, -0.2) is 47.0 Å². The van der Waals surface area contributed by atoms with E-state index in [1.54, 1.807) is 19.0 Å². The average molecular weight is 382 g/mol. The Balaban J connectivity index is 1.53. The van der Waals surface area contributed by atoms with E-state index in [-0.39, 0.29) is 29.7 Å². The summed E-state index contributed by atoms with van der Waals surface area (Å²) in [5.41, 5.74) is 0.880. The lowest BCUT2D eigenvalue weighted by molar-refractivity contribution is -0.133. The molecule has 2 saturated carbocycles. The summed E-state index contributed by atoms with van der Waals surface area (Å²) >= 11 is 0. The number of nitrogens with zero attached hydrogens (tertiary/aromatic N) is 3. The summed E-state index contributed by atoms with van der Waals surface area (Å²) in [6.45, 7) is 0. The summed E-state index contributed by atoms with van der Waals surface area (Å²) in [6.07, 6.45) is 4.03. The molecule has 7 heteroatoms. The van der Waals surface area contributed by atoms with Crippen molar-refractivity contribution in [3.05, 3.63) is 36.2 Å². The fourth-order valence-electron chi connectivity index (χ4n) is 3.98. The Kier molecular flexibility index (Phi) is 5.15. The molecule has 1 aromatic heterocycles. The van der Waals surface area contributed by atoms with Crippen LogP contribution in [0.25, 0.3) is 11.4 Å². The van der Waals surface area contributed by atoms with Gasteiger partial charge >= 0.3 is 0 Å². The van der Waals surface area contributed by atoms with E-state index >= 15 is 0 Å². The van der Waals surface area contributed by atoms with Gasteiger partial charge in [-0.1, -0.05) is 35.5 Å². The minimum Gasteiger partial charge on any atom is -0.353 e. The number of nitrogens with one attached hydrogen (secondary N) is 1. The maximum atomic E-state index is 12.5. The molecule has 148 valence electrons. The summed E-state index contributed by atoms with van der Waals surface area (Å²) in [5, 5.41) is 7.25. The van der Waals surface area contributed by atoms with Gasteiger partial charge in [0.05, 0.1) is 5.92 Å². The van der Waals surface area contributed by atoms with Gasteiger partial charge in [-0.3, -0.25) is 9.59 Å². The fraction of sp³-hybridized carbons (Fsp3) is 0.524. The normalized spacial score (nSPS) is 24.1. The maximum Gasteiger partial charge on any atom is 0.232 e. The molecule has 1 N–H and O–H groups in total. The lowest BCUT2D eigenvalue weighted by Crippen LogP contribution is -2.37. The first-order valence-corrected chi connectivity index (χ1v) is 9.91. The molecule has 7 nitrogen and oxygen atoms in total. The zero-order valence-electron chi connectivity index (χ0n) is 16.3. The Morgan fingerprint density at radius 1 is 1.18 bits per heavy atom. The van der Waals surface area contributed by atoms with E-state index in [1.165, 1.54) is 0 Å². The number of aromatic nitrogens is 2. The highest BCUT2D eigenvalue weighted by Gasteiger charge is 2.43. The molecule has 1 aromatic carbocycles. The van der Waals surface area contributed by atoms with Crippen molar-refractivity contribution in [2.75, 3.05) is 14.1 Å². The lowest BCUT2D eigenvalue weighted by Gasteiger charge is -2.18.